The molecule has 0 atom stereocenters. The zero-order valence-electron chi connectivity index (χ0n) is 32.6. The molecule has 0 aliphatic carbocycles. The third-order valence-corrected chi connectivity index (χ3v) is 9.84. The standard InChI is InChI=1S/C29H23N3O2.C21H18N2O3/c33-28(31-18-23-11-5-9-20-7-1-3-13-25(20)23)22-15-16-30-27(17-22)29(34)32-19-24-12-6-10-21-8-2-4-14-26(21)24;24-20(19-13-18(21(25)26)11-12-22-19)23(14-16-7-3-1-4-8-16)15-17-9-5-2-6-10-17/h1-17H,18-19H2,(H,31,33)(H,32,34);1-13H,14-15H2,(H,25,26). The van der Waals surface area contributed by atoms with E-state index in [4.69, 9.17) is 5.11 Å². The summed E-state index contributed by atoms with van der Waals surface area (Å²) in [4.78, 5) is 59.6. The molecule has 3 amide bonds. The summed E-state index contributed by atoms with van der Waals surface area (Å²) in [7, 11) is 0. The molecule has 296 valence electrons. The van der Waals surface area contributed by atoms with Crippen LogP contribution in [0.5, 0.6) is 0 Å². The minimum absolute atomic E-state index is 0.0442. The highest BCUT2D eigenvalue weighted by atomic mass is 16.4. The summed E-state index contributed by atoms with van der Waals surface area (Å²) >= 11 is 0. The van der Waals surface area contributed by atoms with Crippen LogP contribution in [0.4, 0.5) is 0 Å². The second-order valence-electron chi connectivity index (χ2n) is 13.9. The second kappa shape index (κ2) is 19.4. The van der Waals surface area contributed by atoms with E-state index < -0.39 is 5.97 Å². The van der Waals surface area contributed by atoms with Crippen molar-refractivity contribution in [2.24, 2.45) is 0 Å². The maximum atomic E-state index is 13.0. The Labute approximate surface area is 347 Å². The molecule has 0 spiro atoms. The number of hydrogen-bond acceptors (Lipinski definition) is 6. The Hall–Kier alpha value is -7.98. The lowest BCUT2D eigenvalue weighted by atomic mass is 10.0. The third-order valence-electron chi connectivity index (χ3n) is 9.84. The zero-order valence-corrected chi connectivity index (χ0v) is 32.6. The number of pyridine rings is 2. The van der Waals surface area contributed by atoms with E-state index >= 15 is 0 Å². The van der Waals surface area contributed by atoms with Crippen molar-refractivity contribution in [1.82, 2.24) is 25.5 Å². The molecule has 8 aromatic rings. The van der Waals surface area contributed by atoms with Gasteiger partial charge in [0.1, 0.15) is 11.4 Å². The predicted molar refractivity (Wildman–Crippen MR) is 232 cm³/mol. The first-order valence-electron chi connectivity index (χ1n) is 19.3. The number of carbonyl (C=O) groups is 4. The first-order chi connectivity index (χ1) is 29.3. The minimum atomic E-state index is -1.08. The Morgan fingerprint density at radius 2 is 0.933 bits per heavy atom. The van der Waals surface area contributed by atoms with Crippen molar-refractivity contribution in [3.8, 4) is 0 Å². The van der Waals surface area contributed by atoms with Crippen molar-refractivity contribution in [2.75, 3.05) is 0 Å². The molecule has 8 rings (SSSR count). The topological polar surface area (TPSA) is 142 Å². The van der Waals surface area contributed by atoms with E-state index in [1.54, 1.807) is 11.0 Å². The molecule has 10 nitrogen and oxygen atoms in total. The van der Waals surface area contributed by atoms with Gasteiger partial charge in [0, 0.05) is 44.1 Å². The number of hydrogen-bond donors (Lipinski definition) is 3. The van der Waals surface area contributed by atoms with Crippen LogP contribution in [0.25, 0.3) is 21.5 Å². The Kier molecular flexibility index (Phi) is 13.0. The predicted octanol–water partition coefficient (Wildman–Crippen LogP) is 8.87. The van der Waals surface area contributed by atoms with Crippen LogP contribution in [0, 0.1) is 0 Å². The van der Waals surface area contributed by atoms with Crippen molar-refractivity contribution in [3.63, 3.8) is 0 Å². The smallest absolute Gasteiger partial charge is 0.335 e. The van der Waals surface area contributed by atoms with Gasteiger partial charge >= 0.3 is 5.97 Å². The molecule has 10 heteroatoms. The number of carboxylic acids is 1. The summed E-state index contributed by atoms with van der Waals surface area (Å²) in [5.74, 6) is -1.96. The molecule has 0 aliphatic rings. The van der Waals surface area contributed by atoms with Crippen molar-refractivity contribution in [1.29, 1.82) is 0 Å². The van der Waals surface area contributed by atoms with E-state index in [0.717, 1.165) is 43.8 Å². The number of aromatic nitrogens is 2. The van der Waals surface area contributed by atoms with E-state index in [9.17, 15) is 19.2 Å². The van der Waals surface area contributed by atoms with Gasteiger partial charge in [-0.3, -0.25) is 24.4 Å². The Morgan fingerprint density at radius 1 is 0.483 bits per heavy atom. The normalized spacial score (nSPS) is 10.6. The quantitative estimate of drug-likeness (QED) is 0.112. The van der Waals surface area contributed by atoms with Gasteiger partial charge in [0.15, 0.2) is 0 Å². The molecule has 0 radical (unpaired) electrons. The number of carbonyl (C=O) groups excluding carboxylic acids is 3. The van der Waals surface area contributed by atoms with Crippen molar-refractivity contribution in [3.05, 3.63) is 227 Å². The molecule has 0 saturated carbocycles. The van der Waals surface area contributed by atoms with Crippen LogP contribution in [0.3, 0.4) is 0 Å². The molecule has 60 heavy (non-hydrogen) atoms. The molecule has 0 fully saturated rings. The summed E-state index contributed by atoms with van der Waals surface area (Å²) in [5, 5.41) is 19.5. The molecule has 6 aromatic carbocycles. The Morgan fingerprint density at radius 3 is 1.48 bits per heavy atom. The van der Waals surface area contributed by atoms with Gasteiger partial charge in [-0.05, 0) is 68.1 Å². The van der Waals surface area contributed by atoms with Gasteiger partial charge in [0.25, 0.3) is 17.7 Å². The van der Waals surface area contributed by atoms with E-state index in [1.165, 1.54) is 30.6 Å². The first-order valence-corrected chi connectivity index (χ1v) is 19.3. The Bertz CT molecular complexity index is 2610. The average molecular weight is 792 g/mol. The fourth-order valence-electron chi connectivity index (χ4n) is 6.78. The maximum Gasteiger partial charge on any atom is 0.335 e. The molecule has 0 bridgehead atoms. The number of nitrogens with one attached hydrogen (secondary N) is 2. The van der Waals surface area contributed by atoms with Crippen LogP contribution < -0.4 is 10.6 Å². The minimum Gasteiger partial charge on any atom is -0.478 e. The molecule has 3 N–H and O–H groups in total. The zero-order chi connectivity index (χ0) is 41.7. The number of aromatic carboxylic acids is 1. The van der Waals surface area contributed by atoms with Gasteiger partial charge in [-0.15, -0.1) is 0 Å². The van der Waals surface area contributed by atoms with E-state index in [2.05, 4.69) is 20.6 Å². The third kappa shape index (κ3) is 10.3. The Balaban J connectivity index is 0.000000189. The van der Waals surface area contributed by atoms with Gasteiger partial charge in [0.2, 0.25) is 0 Å². The lowest BCUT2D eigenvalue weighted by molar-refractivity contribution is 0.0695. The van der Waals surface area contributed by atoms with Crippen LogP contribution in [0.2, 0.25) is 0 Å². The number of carboxylic acid groups (broad SMARTS) is 1. The van der Waals surface area contributed by atoms with Gasteiger partial charge in [-0.25, -0.2) is 4.79 Å². The van der Waals surface area contributed by atoms with Gasteiger partial charge in [-0.2, -0.15) is 0 Å². The summed E-state index contributed by atoms with van der Waals surface area (Å²) in [6.45, 7) is 1.59. The first kappa shape index (κ1) is 40.2. The monoisotopic (exact) mass is 791 g/mol. The van der Waals surface area contributed by atoms with Gasteiger partial charge in [-0.1, -0.05) is 146 Å². The fraction of sp³-hybridized carbons (Fsp3) is 0.0800. The van der Waals surface area contributed by atoms with Crippen molar-refractivity contribution < 1.29 is 24.3 Å². The van der Waals surface area contributed by atoms with Crippen LogP contribution in [-0.2, 0) is 26.2 Å². The van der Waals surface area contributed by atoms with Crippen molar-refractivity contribution in [2.45, 2.75) is 26.2 Å². The van der Waals surface area contributed by atoms with E-state index in [0.29, 0.717) is 31.7 Å². The molecule has 0 saturated heterocycles. The van der Waals surface area contributed by atoms with Crippen LogP contribution in [0.15, 0.2) is 182 Å². The number of benzene rings is 6. The summed E-state index contributed by atoms with van der Waals surface area (Å²) in [5.41, 5.74) is 4.81. The summed E-state index contributed by atoms with van der Waals surface area (Å²) in [6, 6.07) is 53.3. The summed E-state index contributed by atoms with van der Waals surface area (Å²) < 4.78 is 0. The van der Waals surface area contributed by atoms with Gasteiger partial charge in [0.05, 0.1) is 5.56 Å². The largest absolute Gasteiger partial charge is 0.478 e. The molecular weight excluding hydrogens is 751 g/mol. The molecule has 0 unspecified atom stereocenters. The lowest BCUT2D eigenvalue weighted by Crippen LogP contribution is -2.31. The van der Waals surface area contributed by atoms with E-state index in [1.807, 2.05) is 146 Å². The molecule has 2 aromatic heterocycles. The average Bonchev–Trinajstić information content (AvgIpc) is 3.30. The number of amides is 3. The number of nitrogens with zero attached hydrogens (tertiary/aromatic N) is 3. The molecule has 0 aliphatic heterocycles. The highest BCUT2D eigenvalue weighted by molar-refractivity contribution is 5.99. The molecular formula is C50H41N5O5. The highest BCUT2D eigenvalue weighted by Crippen LogP contribution is 2.20. The van der Waals surface area contributed by atoms with Crippen LogP contribution in [-0.4, -0.2) is 43.7 Å². The highest BCUT2D eigenvalue weighted by Gasteiger charge is 2.20. The molecule has 2 heterocycles. The fourth-order valence-corrected chi connectivity index (χ4v) is 6.78. The number of rotatable bonds is 12. The van der Waals surface area contributed by atoms with Crippen molar-refractivity contribution >= 4 is 45.2 Å². The SMILES string of the molecule is O=C(NCc1cccc2ccccc12)c1ccnc(C(=O)NCc2cccc3ccccc23)c1.O=C(O)c1ccnc(C(=O)N(Cc2ccccc2)Cc2ccccc2)c1. The summed E-state index contributed by atoms with van der Waals surface area (Å²) in [6.07, 6.45) is 2.83. The van der Waals surface area contributed by atoms with Gasteiger partial charge < -0.3 is 20.6 Å². The van der Waals surface area contributed by atoms with Crippen LogP contribution >= 0.6 is 0 Å². The van der Waals surface area contributed by atoms with Crippen LogP contribution in [0.1, 0.15) is 63.9 Å². The van der Waals surface area contributed by atoms with E-state index in [-0.39, 0.29) is 34.7 Å². The number of fused-ring (bicyclic) bond motifs is 2. The lowest BCUT2D eigenvalue weighted by Gasteiger charge is -2.23. The maximum absolute atomic E-state index is 13.0. The second-order valence-corrected chi connectivity index (χ2v) is 13.9.